The van der Waals surface area contributed by atoms with Gasteiger partial charge in [-0.3, -0.25) is 0 Å². The minimum absolute atomic E-state index is 0.0622. The highest BCUT2D eigenvalue weighted by Crippen LogP contribution is 2.35. The lowest BCUT2D eigenvalue weighted by atomic mass is 10.1. The molecule has 1 heterocycles. The Morgan fingerprint density at radius 3 is 2.68 bits per heavy atom. The van der Waals surface area contributed by atoms with Crippen molar-refractivity contribution < 1.29 is 13.2 Å². The van der Waals surface area contributed by atoms with E-state index in [4.69, 9.17) is 4.42 Å². The molecule has 3 nitrogen and oxygen atoms in total. The van der Waals surface area contributed by atoms with Gasteiger partial charge in [-0.1, -0.05) is 13.0 Å². The van der Waals surface area contributed by atoms with Crippen LogP contribution in [0.3, 0.4) is 0 Å². The van der Waals surface area contributed by atoms with Gasteiger partial charge >= 0.3 is 0 Å². The zero-order valence-electron chi connectivity index (χ0n) is 10.7. The van der Waals surface area contributed by atoms with E-state index in [1.807, 2.05) is 6.92 Å². The summed E-state index contributed by atoms with van der Waals surface area (Å²) in [6.07, 6.45) is 0.736. The normalized spacial score (nSPS) is 12.6. The first-order valence-corrected chi connectivity index (χ1v) is 7.00. The highest BCUT2D eigenvalue weighted by molar-refractivity contribution is 7.98. The number of thioether (sulfide) groups is 1. The van der Waals surface area contributed by atoms with Crippen LogP contribution >= 0.6 is 11.8 Å². The molecule has 1 aromatic carbocycles. The van der Waals surface area contributed by atoms with E-state index in [0.29, 0.717) is 23.1 Å². The van der Waals surface area contributed by atoms with Gasteiger partial charge in [0.05, 0.1) is 5.75 Å². The van der Waals surface area contributed by atoms with Gasteiger partial charge in [-0.15, -0.1) is 22.0 Å². The van der Waals surface area contributed by atoms with Gasteiger partial charge in [0.25, 0.3) is 0 Å². The topological polar surface area (TPSA) is 38.9 Å². The SMILES string of the molecule is CC[C@H](SCc1nnc(C)o1)c1ccc(F)cc1F. The smallest absolute Gasteiger partial charge is 0.226 e. The molecular formula is C13H14F2N2OS. The predicted molar refractivity (Wildman–Crippen MR) is 69.7 cm³/mol. The van der Waals surface area contributed by atoms with Crippen LogP contribution in [0.4, 0.5) is 8.78 Å². The number of nitrogens with zero attached hydrogens (tertiary/aromatic N) is 2. The van der Waals surface area contributed by atoms with Crippen molar-refractivity contribution in [1.82, 2.24) is 10.2 Å². The first-order chi connectivity index (χ1) is 9.10. The molecule has 0 unspecified atom stereocenters. The summed E-state index contributed by atoms with van der Waals surface area (Å²) >= 11 is 1.50. The van der Waals surface area contributed by atoms with E-state index in [-0.39, 0.29) is 5.25 Å². The lowest BCUT2D eigenvalue weighted by molar-refractivity contribution is 0.485. The van der Waals surface area contributed by atoms with E-state index < -0.39 is 11.6 Å². The van der Waals surface area contributed by atoms with Crippen molar-refractivity contribution in [2.75, 3.05) is 0 Å². The average molecular weight is 284 g/mol. The van der Waals surface area contributed by atoms with Crippen LogP contribution in [0.15, 0.2) is 22.6 Å². The molecule has 2 rings (SSSR count). The van der Waals surface area contributed by atoms with Gasteiger partial charge in [-0.05, 0) is 12.5 Å². The van der Waals surface area contributed by atoms with E-state index in [0.717, 1.165) is 12.5 Å². The summed E-state index contributed by atoms with van der Waals surface area (Å²) in [5.41, 5.74) is 0.505. The fourth-order valence-electron chi connectivity index (χ4n) is 1.76. The van der Waals surface area contributed by atoms with E-state index in [1.165, 1.54) is 23.9 Å². The van der Waals surface area contributed by atoms with Gasteiger partial charge in [-0.2, -0.15) is 0 Å². The van der Waals surface area contributed by atoms with Crippen molar-refractivity contribution in [3.63, 3.8) is 0 Å². The van der Waals surface area contributed by atoms with Crippen molar-refractivity contribution in [2.45, 2.75) is 31.3 Å². The summed E-state index contributed by atoms with van der Waals surface area (Å²) in [5, 5.41) is 7.57. The third-order valence-corrected chi connectivity index (χ3v) is 4.06. The Labute approximate surface area is 114 Å². The summed E-state index contributed by atoms with van der Waals surface area (Å²) < 4.78 is 31.9. The van der Waals surface area contributed by atoms with Crippen molar-refractivity contribution in [3.8, 4) is 0 Å². The Kier molecular flexibility index (Phi) is 4.52. The second-order valence-electron chi connectivity index (χ2n) is 4.09. The number of hydrogen-bond acceptors (Lipinski definition) is 4. The van der Waals surface area contributed by atoms with Gasteiger partial charge in [0, 0.05) is 23.8 Å². The number of benzene rings is 1. The van der Waals surface area contributed by atoms with Crippen LogP contribution in [0.1, 0.15) is 35.9 Å². The molecule has 1 atom stereocenters. The first kappa shape index (κ1) is 14.0. The van der Waals surface area contributed by atoms with Gasteiger partial charge in [0.2, 0.25) is 11.8 Å². The summed E-state index contributed by atoms with van der Waals surface area (Å²) in [6.45, 7) is 3.68. The molecule has 0 fully saturated rings. The Morgan fingerprint density at radius 2 is 2.11 bits per heavy atom. The molecule has 1 aromatic heterocycles. The summed E-state index contributed by atoms with van der Waals surface area (Å²) in [7, 11) is 0. The summed E-state index contributed by atoms with van der Waals surface area (Å²) in [5.74, 6) is 0.464. The van der Waals surface area contributed by atoms with Crippen molar-refractivity contribution >= 4 is 11.8 Å². The molecule has 0 bridgehead atoms. The van der Waals surface area contributed by atoms with Crippen LogP contribution in [-0.2, 0) is 5.75 Å². The Morgan fingerprint density at radius 1 is 1.32 bits per heavy atom. The quantitative estimate of drug-likeness (QED) is 0.830. The molecule has 2 aromatic rings. The van der Waals surface area contributed by atoms with Gasteiger partial charge in [0.1, 0.15) is 11.6 Å². The number of hydrogen-bond donors (Lipinski definition) is 0. The van der Waals surface area contributed by atoms with E-state index in [2.05, 4.69) is 10.2 Å². The van der Waals surface area contributed by atoms with Crippen molar-refractivity contribution in [2.24, 2.45) is 0 Å². The Bertz CT molecular complexity index is 559. The number of aromatic nitrogens is 2. The Balaban J connectivity index is 2.07. The largest absolute Gasteiger partial charge is 0.425 e. The third kappa shape index (κ3) is 3.53. The minimum atomic E-state index is -0.561. The fourth-order valence-corrected chi connectivity index (χ4v) is 2.82. The standard InChI is InChI=1S/C13H14F2N2OS/c1-3-12(10-5-4-9(14)6-11(10)15)19-7-13-17-16-8(2)18-13/h4-6,12H,3,7H2,1-2H3/t12-/m0/s1. The lowest BCUT2D eigenvalue weighted by Crippen LogP contribution is -1.98. The fraction of sp³-hybridized carbons (Fsp3) is 0.385. The summed E-state index contributed by atoms with van der Waals surface area (Å²) in [6, 6.07) is 3.68. The second kappa shape index (κ2) is 6.14. The van der Waals surface area contributed by atoms with Gasteiger partial charge < -0.3 is 4.42 Å². The van der Waals surface area contributed by atoms with E-state index in [9.17, 15) is 8.78 Å². The second-order valence-corrected chi connectivity index (χ2v) is 5.28. The molecule has 19 heavy (non-hydrogen) atoms. The maximum absolute atomic E-state index is 13.7. The molecule has 6 heteroatoms. The molecule has 0 aliphatic heterocycles. The lowest BCUT2D eigenvalue weighted by Gasteiger charge is -2.14. The molecule has 0 saturated carbocycles. The molecule has 0 spiro atoms. The molecule has 0 aliphatic rings. The minimum Gasteiger partial charge on any atom is -0.425 e. The van der Waals surface area contributed by atoms with Crippen molar-refractivity contribution in [3.05, 3.63) is 47.2 Å². The Hall–Kier alpha value is -1.43. The highest BCUT2D eigenvalue weighted by atomic mass is 32.2. The zero-order chi connectivity index (χ0) is 13.8. The highest BCUT2D eigenvalue weighted by Gasteiger charge is 2.16. The zero-order valence-corrected chi connectivity index (χ0v) is 11.5. The maximum atomic E-state index is 13.7. The van der Waals surface area contributed by atoms with E-state index in [1.54, 1.807) is 6.92 Å². The maximum Gasteiger partial charge on any atom is 0.226 e. The first-order valence-electron chi connectivity index (χ1n) is 5.95. The van der Waals surface area contributed by atoms with Crippen LogP contribution in [0.25, 0.3) is 0 Å². The average Bonchev–Trinajstić information content (AvgIpc) is 2.78. The molecule has 0 aliphatic carbocycles. The third-order valence-electron chi connectivity index (χ3n) is 2.66. The molecule has 102 valence electrons. The molecule has 0 N–H and O–H groups in total. The number of rotatable bonds is 5. The monoisotopic (exact) mass is 284 g/mol. The molecule has 0 radical (unpaired) electrons. The molecular weight excluding hydrogens is 270 g/mol. The van der Waals surface area contributed by atoms with Crippen LogP contribution in [0.2, 0.25) is 0 Å². The van der Waals surface area contributed by atoms with Crippen LogP contribution in [0.5, 0.6) is 0 Å². The van der Waals surface area contributed by atoms with Crippen LogP contribution < -0.4 is 0 Å². The predicted octanol–water partition coefficient (Wildman–Crippen LogP) is 4.04. The molecule has 0 amide bonds. The summed E-state index contributed by atoms with van der Waals surface area (Å²) in [4.78, 5) is 0. The van der Waals surface area contributed by atoms with Crippen LogP contribution in [-0.4, -0.2) is 10.2 Å². The van der Waals surface area contributed by atoms with Crippen molar-refractivity contribution in [1.29, 1.82) is 0 Å². The van der Waals surface area contributed by atoms with Gasteiger partial charge in [0.15, 0.2) is 0 Å². The van der Waals surface area contributed by atoms with Gasteiger partial charge in [-0.25, -0.2) is 8.78 Å². The van der Waals surface area contributed by atoms with E-state index >= 15 is 0 Å². The number of aryl methyl sites for hydroxylation is 1. The number of halogens is 2. The molecule has 0 saturated heterocycles. The van der Waals surface area contributed by atoms with Crippen LogP contribution in [0, 0.1) is 18.6 Å².